The minimum absolute atomic E-state index is 0.0204. The second-order valence-electron chi connectivity index (χ2n) is 8.67. The molecule has 2 heterocycles. The number of aryl methyl sites for hydroxylation is 1. The third-order valence-electron chi connectivity index (χ3n) is 6.55. The Kier molecular flexibility index (Phi) is 5.67. The molecule has 0 saturated carbocycles. The summed E-state index contributed by atoms with van der Waals surface area (Å²) < 4.78 is 8.19. The molecule has 1 unspecified atom stereocenters. The predicted octanol–water partition coefficient (Wildman–Crippen LogP) is 5.37. The number of rotatable bonds is 4. The topological polar surface area (TPSA) is 43.6 Å². The molecule has 0 fully saturated rings. The fraction of sp³-hybridized carbons (Fsp3) is 0.172. The van der Waals surface area contributed by atoms with Gasteiger partial charge in [0.1, 0.15) is 5.75 Å². The lowest BCUT2D eigenvalue weighted by Crippen LogP contribution is -2.38. The van der Waals surface area contributed by atoms with Crippen LogP contribution in [0.2, 0.25) is 5.02 Å². The fourth-order valence-electron chi connectivity index (χ4n) is 4.95. The first-order chi connectivity index (χ1) is 17.1. The molecule has 0 radical (unpaired) electrons. The Morgan fingerprint density at radius 3 is 2.60 bits per heavy atom. The zero-order chi connectivity index (χ0) is 23.9. The molecule has 0 amide bonds. The minimum Gasteiger partial charge on any atom is -0.494 e. The normalized spacial score (nSPS) is 16.9. The first-order valence-corrected chi connectivity index (χ1v) is 12.9. The number of allylic oxidation sites excluding steroid dienone is 1. The Balaban J connectivity index is 1.58. The number of ether oxygens (including phenoxy) is 1. The Labute approximate surface area is 212 Å². The Bertz CT molecular complexity index is 1630. The van der Waals surface area contributed by atoms with Gasteiger partial charge < -0.3 is 4.74 Å². The van der Waals surface area contributed by atoms with E-state index in [1.807, 2.05) is 54.0 Å². The highest BCUT2D eigenvalue weighted by Gasteiger charge is 2.32. The lowest BCUT2D eigenvalue weighted by atomic mass is 9.83. The minimum atomic E-state index is -0.197. The Hall–Kier alpha value is -3.41. The zero-order valence-electron chi connectivity index (χ0n) is 19.2. The highest BCUT2D eigenvalue weighted by atomic mass is 35.5. The standard InChI is InChI=1S/C29H23ClN2O2S/c1-2-34-22-14-9-20(10-15-22)27-24-16-11-19-5-3-4-6-23(19)26(24)31-29-32(27)28(33)25(35-29)17-18-7-12-21(30)13-8-18/h3-10,12-15,17,27H,2,11,16H2,1H3. The number of halogens is 1. The first kappa shape index (κ1) is 22.1. The largest absolute Gasteiger partial charge is 0.494 e. The molecule has 0 spiro atoms. The summed E-state index contributed by atoms with van der Waals surface area (Å²) in [6.45, 7) is 2.59. The van der Waals surface area contributed by atoms with Crippen molar-refractivity contribution in [1.82, 2.24) is 4.57 Å². The van der Waals surface area contributed by atoms with E-state index in [4.69, 9.17) is 21.3 Å². The van der Waals surface area contributed by atoms with Crippen LogP contribution in [0.1, 0.15) is 41.6 Å². The number of thiazole rings is 1. The van der Waals surface area contributed by atoms with E-state index in [1.54, 1.807) is 0 Å². The number of aromatic nitrogens is 1. The van der Waals surface area contributed by atoms with Crippen LogP contribution in [0.5, 0.6) is 5.75 Å². The summed E-state index contributed by atoms with van der Waals surface area (Å²) in [5.41, 5.74) is 6.65. The zero-order valence-corrected chi connectivity index (χ0v) is 20.8. The van der Waals surface area contributed by atoms with E-state index in [1.165, 1.54) is 28.0 Å². The molecule has 1 aromatic heterocycles. The third-order valence-corrected chi connectivity index (χ3v) is 7.78. The lowest BCUT2D eigenvalue weighted by molar-refractivity contribution is 0.340. The molecular weight excluding hydrogens is 476 g/mol. The first-order valence-electron chi connectivity index (χ1n) is 11.7. The quantitative estimate of drug-likeness (QED) is 0.379. The summed E-state index contributed by atoms with van der Waals surface area (Å²) >= 11 is 7.49. The van der Waals surface area contributed by atoms with Gasteiger partial charge in [0, 0.05) is 10.6 Å². The van der Waals surface area contributed by atoms with Crippen molar-refractivity contribution in [1.29, 1.82) is 0 Å². The maximum Gasteiger partial charge on any atom is 0.271 e. The maximum absolute atomic E-state index is 13.8. The van der Waals surface area contributed by atoms with Gasteiger partial charge in [-0.15, -0.1) is 0 Å². The van der Waals surface area contributed by atoms with Gasteiger partial charge >= 0.3 is 0 Å². The van der Waals surface area contributed by atoms with Gasteiger partial charge in [0.15, 0.2) is 4.80 Å². The molecule has 0 saturated heterocycles. The van der Waals surface area contributed by atoms with Crippen LogP contribution in [0.3, 0.4) is 0 Å². The summed E-state index contributed by atoms with van der Waals surface area (Å²) in [4.78, 5) is 19.6. The highest BCUT2D eigenvalue weighted by Crippen LogP contribution is 2.41. The van der Waals surface area contributed by atoms with E-state index >= 15 is 0 Å². The molecule has 174 valence electrons. The van der Waals surface area contributed by atoms with Gasteiger partial charge in [-0.1, -0.05) is 71.5 Å². The molecule has 6 heteroatoms. The molecular formula is C29H23ClN2O2S. The number of benzene rings is 3. The van der Waals surface area contributed by atoms with Crippen molar-refractivity contribution in [3.63, 3.8) is 0 Å². The Morgan fingerprint density at radius 2 is 1.83 bits per heavy atom. The molecule has 0 N–H and O–H groups in total. The van der Waals surface area contributed by atoms with Crippen LogP contribution in [0.25, 0.3) is 11.8 Å². The summed E-state index contributed by atoms with van der Waals surface area (Å²) in [6, 6.07) is 23.9. The van der Waals surface area contributed by atoms with Crippen molar-refractivity contribution < 1.29 is 4.74 Å². The van der Waals surface area contributed by atoms with E-state index in [0.717, 1.165) is 40.2 Å². The molecule has 4 aromatic rings. The number of nitrogens with zero attached hydrogens (tertiary/aromatic N) is 2. The van der Waals surface area contributed by atoms with Crippen LogP contribution >= 0.6 is 22.9 Å². The van der Waals surface area contributed by atoms with Gasteiger partial charge in [-0.25, -0.2) is 4.99 Å². The molecule has 35 heavy (non-hydrogen) atoms. The van der Waals surface area contributed by atoms with Gasteiger partial charge in [0.2, 0.25) is 0 Å². The molecule has 3 aromatic carbocycles. The highest BCUT2D eigenvalue weighted by molar-refractivity contribution is 7.07. The molecule has 4 nitrogen and oxygen atoms in total. The van der Waals surface area contributed by atoms with Crippen LogP contribution in [0.4, 0.5) is 0 Å². The van der Waals surface area contributed by atoms with E-state index in [-0.39, 0.29) is 11.6 Å². The van der Waals surface area contributed by atoms with Crippen molar-refractivity contribution in [3.8, 4) is 5.75 Å². The SMILES string of the molecule is CCOc1ccc(C2C3=C(N=c4sc(=Cc5ccc(Cl)cc5)c(=O)n42)c2ccccc2CC3)cc1. The average molecular weight is 499 g/mol. The van der Waals surface area contributed by atoms with Crippen LogP contribution in [0, 0.1) is 0 Å². The predicted molar refractivity (Wildman–Crippen MR) is 142 cm³/mol. The summed E-state index contributed by atoms with van der Waals surface area (Å²) in [7, 11) is 0. The van der Waals surface area contributed by atoms with E-state index in [0.29, 0.717) is 16.2 Å². The molecule has 1 atom stereocenters. The van der Waals surface area contributed by atoms with Gasteiger partial charge in [0.05, 0.1) is 22.9 Å². The lowest BCUT2D eigenvalue weighted by Gasteiger charge is -2.30. The van der Waals surface area contributed by atoms with Crippen molar-refractivity contribution in [2.45, 2.75) is 25.8 Å². The summed E-state index contributed by atoms with van der Waals surface area (Å²) in [6.07, 6.45) is 3.73. The molecule has 0 bridgehead atoms. The van der Waals surface area contributed by atoms with Crippen LogP contribution in [-0.2, 0) is 6.42 Å². The third kappa shape index (κ3) is 3.95. The number of hydrogen-bond acceptors (Lipinski definition) is 4. The summed E-state index contributed by atoms with van der Waals surface area (Å²) in [5.74, 6) is 0.828. The monoisotopic (exact) mass is 498 g/mol. The fourth-order valence-corrected chi connectivity index (χ4v) is 6.07. The number of fused-ring (bicyclic) bond motifs is 3. The van der Waals surface area contributed by atoms with E-state index < -0.39 is 0 Å². The van der Waals surface area contributed by atoms with Crippen molar-refractivity contribution in [3.05, 3.63) is 125 Å². The molecule has 1 aliphatic heterocycles. The van der Waals surface area contributed by atoms with Crippen LogP contribution in [-0.4, -0.2) is 11.2 Å². The molecule has 1 aliphatic carbocycles. The van der Waals surface area contributed by atoms with Crippen molar-refractivity contribution in [2.24, 2.45) is 4.99 Å². The van der Waals surface area contributed by atoms with Crippen LogP contribution in [0.15, 0.2) is 88.2 Å². The molecule has 2 aliphatic rings. The number of hydrogen-bond donors (Lipinski definition) is 0. The molecule has 6 rings (SSSR count). The van der Waals surface area contributed by atoms with E-state index in [9.17, 15) is 4.79 Å². The average Bonchev–Trinajstić information content (AvgIpc) is 3.19. The van der Waals surface area contributed by atoms with Crippen LogP contribution < -0.4 is 19.6 Å². The second-order valence-corrected chi connectivity index (χ2v) is 10.1. The smallest absolute Gasteiger partial charge is 0.271 e. The van der Waals surface area contributed by atoms with E-state index in [2.05, 4.69) is 36.4 Å². The van der Waals surface area contributed by atoms with Gasteiger partial charge in [-0.05, 0) is 72.4 Å². The van der Waals surface area contributed by atoms with Gasteiger partial charge in [0.25, 0.3) is 5.56 Å². The Morgan fingerprint density at radius 1 is 1.06 bits per heavy atom. The second kappa shape index (κ2) is 8.99. The van der Waals surface area contributed by atoms with Gasteiger partial charge in [-0.3, -0.25) is 9.36 Å². The van der Waals surface area contributed by atoms with Crippen molar-refractivity contribution in [2.75, 3.05) is 6.61 Å². The maximum atomic E-state index is 13.8. The summed E-state index contributed by atoms with van der Waals surface area (Å²) in [5, 5.41) is 0.672. The van der Waals surface area contributed by atoms with Gasteiger partial charge in [-0.2, -0.15) is 0 Å². The van der Waals surface area contributed by atoms with Crippen molar-refractivity contribution >= 4 is 34.7 Å².